The Morgan fingerprint density at radius 3 is 1.69 bits per heavy atom. The van der Waals surface area contributed by atoms with Crippen molar-refractivity contribution in [3.63, 3.8) is 0 Å². The normalized spacial score (nSPS) is 14.8. The number of pyridine rings is 2. The molecule has 0 saturated carbocycles. The fraction of sp³-hybridized carbons (Fsp3) is 0.371. The van der Waals surface area contributed by atoms with Crippen LogP contribution in [-0.2, 0) is 5.16 Å². The Morgan fingerprint density at radius 1 is 0.718 bits per heavy atom. The molecule has 0 fully saturated rings. The third kappa shape index (κ3) is 5.24. The van der Waals surface area contributed by atoms with Crippen LogP contribution in [-0.4, -0.2) is 26.4 Å². The predicted molar refractivity (Wildman–Crippen MR) is 175 cm³/mol. The lowest BCUT2D eigenvalue weighted by molar-refractivity contribution is 0.603. The predicted octanol–water partition coefficient (Wildman–Crippen LogP) is 10.0. The van der Waals surface area contributed by atoms with Crippen LogP contribution >= 0.6 is 17.2 Å². The van der Waals surface area contributed by atoms with E-state index in [1.165, 1.54) is 24.0 Å². The Balaban J connectivity index is 1.72. The average molecular weight is 553 g/mol. The molecule has 0 bridgehead atoms. The highest BCUT2D eigenvalue weighted by atomic mass is 31.1. The number of fused-ring (bicyclic) bond motifs is 2. The largest absolute Gasteiger partial charge is 0.251 e. The molecule has 39 heavy (non-hydrogen) atoms. The minimum Gasteiger partial charge on any atom is -0.251 e. The summed E-state index contributed by atoms with van der Waals surface area (Å²) in [5, 5.41) is 2.42. The van der Waals surface area contributed by atoms with Gasteiger partial charge in [-0.15, -0.1) is 9.24 Å². The molecule has 0 spiro atoms. The SMILES string of the molecule is CCC(C)(C)P(CC1=C(C(P)(c2ccc3ccccc3n2)c2ccc3ccccc3n2)CC=C1)C(C)(C)CC. The molecule has 1 atom stereocenters. The number of nitrogens with zero attached hydrogens (tertiary/aromatic N) is 2. The molecule has 202 valence electrons. The summed E-state index contributed by atoms with van der Waals surface area (Å²) in [6.45, 7) is 14.7. The maximum Gasteiger partial charge on any atom is 0.0902 e. The van der Waals surface area contributed by atoms with Crippen molar-refractivity contribution in [2.24, 2.45) is 0 Å². The second-order valence-electron chi connectivity index (χ2n) is 12.1. The van der Waals surface area contributed by atoms with Gasteiger partial charge in [-0.05, 0) is 71.1 Å². The van der Waals surface area contributed by atoms with Crippen LogP contribution in [0.2, 0.25) is 0 Å². The first-order valence-corrected chi connectivity index (χ1v) is 16.4. The van der Waals surface area contributed by atoms with Crippen LogP contribution in [0.5, 0.6) is 0 Å². The Morgan fingerprint density at radius 2 is 1.21 bits per heavy atom. The highest BCUT2D eigenvalue weighted by Crippen LogP contribution is 2.64. The van der Waals surface area contributed by atoms with Crippen molar-refractivity contribution in [3.05, 3.63) is 107 Å². The molecule has 0 N–H and O–H groups in total. The molecular formula is C35H42N2P2. The van der Waals surface area contributed by atoms with Crippen LogP contribution in [0.4, 0.5) is 0 Å². The van der Waals surface area contributed by atoms with Gasteiger partial charge in [0.1, 0.15) is 0 Å². The number of rotatable bonds is 9. The smallest absolute Gasteiger partial charge is 0.0902 e. The minimum absolute atomic E-state index is 0.286. The molecule has 4 aromatic rings. The van der Waals surface area contributed by atoms with Crippen LogP contribution in [0.25, 0.3) is 21.8 Å². The summed E-state index contributed by atoms with van der Waals surface area (Å²) in [6.07, 6.45) is 9.20. The van der Waals surface area contributed by atoms with Crippen LogP contribution in [0.15, 0.2) is 96.1 Å². The van der Waals surface area contributed by atoms with Crippen molar-refractivity contribution < 1.29 is 0 Å². The first-order valence-electron chi connectivity index (χ1n) is 14.3. The Hall–Kier alpha value is -2.40. The molecule has 2 aromatic carbocycles. The summed E-state index contributed by atoms with van der Waals surface area (Å²) in [7, 11) is 2.96. The van der Waals surface area contributed by atoms with Gasteiger partial charge in [0.25, 0.3) is 0 Å². The highest BCUT2D eigenvalue weighted by molar-refractivity contribution is 7.61. The van der Waals surface area contributed by atoms with E-state index in [9.17, 15) is 0 Å². The van der Waals surface area contributed by atoms with Crippen molar-refractivity contribution in [1.82, 2.24) is 9.97 Å². The van der Waals surface area contributed by atoms with Crippen molar-refractivity contribution in [2.75, 3.05) is 6.16 Å². The standard InChI is InChI=1S/C35H42N2P2/c1-7-33(3,4)39(34(5,6)8-2)24-27-16-13-17-28(27)35(38,31-22-20-25-14-9-11-18-29(25)36-31)32-23-21-26-15-10-12-19-30(26)37-32/h9-16,18-23H,7-8,17,24,38H2,1-6H3. The van der Waals surface area contributed by atoms with Gasteiger partial charge in [-0.25, -0.2) is 0 Å². The summed E-state index contributed by atoms with van der Waals surface area (Å²) < 4.78 is 0. The number of hydrogen-bond acceptors (Lipinski definition) is 2. The van der Waals surface area contributed by atoms with E-state index in [4.69, 9.17) is 9.97 Å². The monoisotopic (exact) mass is 552 g/mol. The van der Waals surface area contributed by atoms with Gasteiger partial charge >= 0.3 is 0 Å². The van der Waals surface area contributed by atoms with Crippen LogP contribution < -0.4 is 0 Å². The lowest BCUT2D eigenvalue weighted by Gasteiger charge is -2.46. The number of hydrogen-bond donors (Lipinski definition) is 0. The summed E-state index contributed by atoms with van der Waals surface area (Å²) in [4.78, 5) is 10.5. The second kappa shape index (κ2) is 10.9. The zero-order chi connectivity index (χ0) is 27.8. The van der Waals surface area contributed by atoms with E-state index in [-0.39, 0.29) is 7.92 Å². The molecule has 2 heterocycles. The minimum atomic E-state index is -0.513. The lowest BCUT2D eigenvalue weighted by atomic mass is 9.86. The van der Waals surface area contributed by atoms with E-state index in [0.29, 0.717) is 10.3 Å². The third-order valence-corrected chi connectivity index (χ3v) is 14.2. The quantitative estimate of drug-likeness (QED) is 0.193. The molecule has 0 radical (unpaired) electrons. The average Bonchev–Trinajstić information content (AvgIpc) is 3.44. The van der Waals surface area contributed by atoms with E-state index < -0.39 is 5.16 Å². The van der Waals surface area contributed by atoms with Crippen LogP contribution in [0, 0.1) is 0 Å². The van der Waals surface area contributed by atoms with Crippen molar-refractivity contribution in [2.45, 2.75) is 76.3 Å². The fourth-order valence-corrected chi connectivity index (χ4v) is 10.4. The van der Waals surface area contributed by atoms with Gasteiger partial charge in [0.2, 0.25) is 0 Å². The topological polar surface area (TPSA) is 25.8 Å². The Bertz CT molecular complexity index is 1470. The molecule has 0 saturated heterocycles. The van der Waals surface area contributed by atoms with Crippen LogP contribution in [0.3, 0.4) is 0 Å². The third-order valence-electron chi connectivity index (χ3n) is 9.03. The summed E-state index contributed by atoms with van der Waals surface area (Å²) in [5.74, 6) is 0. The van der Waals surface area contributed by atoms with Gasteiger partial charge in [0.15, 0.2) is 0 Å². The van der Waals surface area contributed by atoms with Gasteiger partial charge in [0.05, 0.1) is 27.6 Å². The van der Waals surface area contributed by atoms with Crippen molar-refractivity contribution in [3.8, 4) is 0 Å². The van der Waals surface area contributed by atoms with Gasteiger partial charge in [-0.2, -0.15) is 0 Å². The van der Waals surface area contributed by atoms with Crippen molar-refractivity contribution in [1.29, 1.82) is 0 Å². The van der Waals surface area contributed by atoms with Crippen LogP contribution in [0.1, 0.15) is 72.2 Å². The zero-order valence-electron chi connectivity index (χ0n) is 24.3. The van der Waals surface area contributed by atoms with Gasteiger partial charge in [-0.1, -0.05) is 110 Å². The van der Waals surface area contributed by atoms with Gasteiger partial charge < -0.3 is 0 Å². The molecule has 1 aliphatic rings. The molecule has 0 amide bonds. The second-order valence-corrected chi connectivity index (χ2v) is 16.6. The van der Waals surface area contributed by atoms with E-state index in [0.717, 1.165) is 45.8 Å². The van der Waals surface area contributed by atoms with E-state index in [1.54, 1.807) is 0 Å². The molecular weight excluding hydrogens is 510 g/mol. The molecule has 2 nitrogen and oxygen atoms in total. The molecule has 2 aromatic heterocycles. The number of benzene rings is 2. The first-order chi connectivity index (χ1) is 18.6. The zero-order valence-corrected chi connectivity index (χ0v) is 26.4. The summed E-state index contributed by atoms with van der Waals surface area (Å²) in [5.41, 5.74) is 7.03. The van der Waals surface area contributed by atoms with E-state index >= 15 is 0 Å². The summed E-state index contributed by atoms with van der Waals surface area (Å²) in [6, 6.07) is 25.7. The number of aromatic nitrogens is 2. The van der Waals surface area contributed by atoms with Crippen molar-refractivity contribution >= 4 is 39.0 Å². The van der Waals surface area contributed by atoms with E-state index in [1.807, 2.05) is 0 Å². The van der Waals surface area contributed by atoms with E-state index in [2.05, 4.69) is 136 Å². The lowest BCUT2D eigenvalue weighted by Crippen LogP contribution is -2.32. The maximum atomic E-state index is 5.27. The highest BCUT2D eigenvalue weighted by Gasteiger charge is 2.42. The maximum absolute atomic E-state index is 5.27. The Kier molecular flexibility index (Phi) is 7.85. The number of allylic oxidation sites excluding steroid dienone is 4. The molecule has 0 aliphatic heterocycles. The molecule has 1 unspecified atom stereocenters. The molecule has 5 rings (SSSR count). The number of para-hydroxylation sites is 2. The molecule has 4 heteroatoms. The summed E-state index contributed by atoms with van der Waals surface area (Å²) >= 11 is 0. The molecule has 1 aliphatic carbocycles. The van der Waals surface area contributed by atoms with Gasteiger partial charge in [0, 0.05) is 10.8 Å². The Labute approximate surface area is 238 Å². The first kappa shape index (κ1) is 28.1. The van der Waals surface area contributed by atoms with Gasteiger partial charge in [-0.3, -0.25) is 9.97 Å². The fourth-order valence-electron chi connectivity index (χ4n) is 5.92.